The smallest absolute Gasteiger partial charge is 0.269 e. The third-order valence-electron chi connectivity index (χ3n) is 9.18. The number of piperazine rings is 1. The summed E-state index contributed by atoms with van der Waals surface area (Å²) < 4.78 is 6.12. The molecule has 1 aromatic heterocycles. The number of nitrogens with two attached hydrogens (primary N) is 1. The second-order valence-corrected chi connectivity index (χ2v) is 12.6. The first-order valence-corrected chi connectivity index (χ1v) is 16.1. The second kappa shape index (κ2) is 13.8. The zero-order valence-corrected chi connectivity index (χ0v) is 26.2. The third kappa shape index (κ3) is 6.98. The number of nitrogens with zero attached hydrogens (tertiary/aromatic N) is 6. The lowest BCUT2D eigenvalue weighted by Gasteiger charge is -2.40. The average molecular weight is 642 g/mol. The van der Waals surface area contributed by atoms with E-state index in [4.69, 9.17) is 27.3 Å². The van der Waals surface area contributed by atoms with Crippen molar-refractivity contribution in [3.63, 3.8) is 0 Å². The number of ether oxygens (including phenoxy) is 1. The second-order valence-electron chi connectivity index (χ2n) is 12.1. The van der Waals surface area contributed by atoms with Crippen molar-refractivity contribution in [3.8, 4) is 11.8 Å². The number of rotatable bonds is 8. The molecule has 11 nitrogen and oxygen atoms in total. The zero-order valence-electron chi connectivity index (χ0n) is 25.5. The molecule has 2 aliphatic heterocycles. The topological polar surface area (TPSA) is 146 Å². The number of benzene rings is 2. The Labute approximate surface area is 272 Å². The van der Waals surface area contributed by atoms with E-state index >= 15 is 0 Å². The van der Waals surface area contributed by atoms with Crippen LogP contribution in [-0.2, 0) is 16.1 Å². The molecule has 1 aliphatic carbocycles. The van der Waals surface area contributed by atoms with Gasteiger partial charge in [0.05, 0.1) is 22.6 Å². The van der Waals surface area contributed by atoms with Gasteiger partial charge in [-0.15, -0.1) is 10.2 Å². The van der Waals surface area contributed by atoms with Gasteiger partial charge < -0.3 is 15.4 Å². The molecular formula is C34H36ClN7O4. The third-order valence-corrected chi connectivity index (χ3v) is 9.50. The van der Waals surface area contributed by atoms with Crippen molar-refractivity contribution in [1.82, 2.24) is 20.0 Å². The van der Waals surface area contributed by atoms with Crippen molar-refractivity contribution in [2.45, 2.75) is 63.1 Å². The van der Waals surface area contributed by atoms with Crippen LogP contribution in [0, 0.1) is 11.3 Å². The molecule has 12 heteroatoms. The number of anilines is 1. The van der Waals surface area contributed by atoms with Crippen LogP contribution < -0.4 is 15.4 Å². The molecule has 238 valence electrons. The van der Waals surface area contributed by atoms with Gasteiger partial charge in [0.1, 0.15) is 11.8 Å². The van der Waals surface area contributed by atoms with Gasteiger partial charge in [0.15, 0.2) is 11.5 Å². The van der Waals surface area contributed by atoms with E-state index < -0.39 is 5.91 Å². The Morgan fingerprint density at radius 3 is 2.43 bits per heavy atom. The van der Waals surface area contributed by atoms with E-state index in [1.165, 1.54) is 4.90 Å². The van der Waals surface area contributed by atoms with Crippen molar-refractivity contribution in [1.29, 1.82) is 5.26 Å². The van der Waals surface area contributed by atoms with Gasteiger partial charge in [-0.1, -0.05) is 35.9 Å². The highest BCUT2D eigenvalue weighted by Crippen LogP contribution is 2.35. The molecule has 2 saturated heterocycles. The Kier molecular flexibility index (Phi) is 9.47. The number of carbonyl (C=O) groups is 3. The number of carbonyl (C=O) groups excluding carboxylic acids is 3. The molecule has 1 saturated carbocycles. The zero-order chi connectivity index (χ0) is 32.2. The van der Waals surface area contributed by atoms with E-state index in [9.17, 15) is 14.4 Å². The van der Waals surface area contributed by atoms with Gasteiger partial charge in [0, 0.05) is 51.3 Å². The maximum absolute atomic E-state index is 13.8. The van der Waals surface area contributed by atoms with Crippen LogP contribution in [0.25, 0.3) is 0 Å². The lowest BCUT2D eigenvalue weighted by atomic mass is 9.85. The van der Waals surface area contributed by atoms with E-state index in [2.05, 4.69) is 32.1 Å². The molecule has 46 heavy (non-hydrogen) atoms. The quantitative estimate of drug-likeness (QED) is 0.360. The normalized spacial score (nSPS) is 22.4. The summed E-state index contributed by atoms with van der Waals surface area (Å²) in [5.74, 6) is 0.206. The molecule has 3 aliphatic rings. The first-order valence-electron chi connectivity index (χ1n) is 15.7. The molecule has 0 radical (unpaired) electrons. The molecular weight excluding hydrogens is 606 g/mol. The fraction of sp³-hybridized carbons (Fsp3) is 0.412. The fourth-order valence-corrected chi connectivity index (χ4v) is 6.91. The van der Waals surface area contributed by atoms with Crippen LogP contribution in [0.3, 0.4) is 0 Å². The Morgan fingerprint density at radius 1 is 0.978 bits per heavy atom. The number of aromatic nitrogens is 2. The summed E-state index contributed by atoms with van der Waals surface area (Å²) in [6.07, 6.45) is 3.64. The van der Waals surface area contributed by atoms with E-state index in [-0.39, 0.29) is 35.6 Å². The van der Waals surface area contributed by atoms with E-state index in [0.29, 0.717) is 42.0 Å². The summed E-state index contributed by atoms with van der Waals surface area (Å²) in [6, 6.07) is 18.5. The summed E-state index contributed by atoms with van der Waals surface area (Å²) in [5, 5.41) is 17.5. The van der Waals surface area contributed by atoms with Crippen LogP contribution in [0.1, 0.15) is 71.6 Å². The first kappa shape index (κ1) is 31.5. The van der Waals surface area contributed by atoms with Crippen LogP contribution in [0.5, 0.6) is 5.75 Å². The van der Waals surface area contributed by atoms with E-state index in [1.54, 1.807) is 30.3 Å². The minimum absolute atomic E-state index is 0.0418. The van der Waals surface area contributed by atoms with Crippen molar-refractivity contribution < 1.29 is 19.1 Å². The minimum Gasteiger partial charge on any atom is -0.490 e. The van der Waals surface area contributed by atoms with Crippen LogP contribution in [-0.4, -0.2) is 76.0 Å². The minimum atomic E-state index is -0.596. The van der Waals surface area contributed by atoms with Gasteiger partial charge in [-0.25, -0.2) is 0 Å². The van der Waals surface area contributed by atoms with Crippen LogP contribution in [0.15, 0.2) is 54.6 Å². The lowest BCUT2D eigenvalue weighted by molar-refractivity contribution is -0.153. The summed E-state index contributed by atoms with van der Waals surface area (Å²) in [5.41, 5.74) is 7.91. The van der Waals surface area contributed by atoms with Crippen molar-refractivity contribution in [3.05, 3.63) is 82.0 Å². The molecule has 3 amide bonds. The number of hydrogen-bond donors (Lipinski definition) is 1. The predicted octanol–water partition coefficient (Wildman–Crippen LogP) is 4.05. The monoisotopic (exact) mass is 641 g/mol. The maximum Gasteiger partial charge on any atom is 0.269 e. The highest BCUT2D eigenvalue weighted by molar-refractivity contribution is 6.31. The molecule has 2 N–H and O–H groups in total. The number of halogens is 1. The molecule has 1 atom stereocenters. The SMILES string of the molecule is N#Cc1ccc(OC2CCC(N3C(=O)CCC(c4cccc(CN5CCN(c6ccc(C(N)=O)nn6)CC5)c4)C3=O)CC2)cc1Cl. The molecule has 3 fully saturated rings. The summed E-state index contributed by atoms with van der Waals surface area (Å²) in [6.45, 7) is 3.97. The number of amides is 3. The molecule has 3 aromatic rings. The number of imide groups is 1. The highest BCUT2D eigenvalue weighted by atomic mass is 35.5. The van der Waals surface area contributed by atoms with Gasteiger partial charge >= 0.3 is 0 Å². The van der Waals surface area contributed by atoms with Gasteiger partial charge in [-0.05, 0) is 67.5 Å². The van der Waals surface area contributed by atoms with Gasteiger partial charge in [-0.2, -0.15) is 5.26 Å². The number of primary amides is 1. The van der Waals surface area contributed by atoms with Gasteiger partial charge in [0.2, 0.25) is 11.8 Å². The van der Waals surface area contributed by atoms with Crippen LogP contribution in [0.2, 0.25) is 5.02 Å². The average Bonchev–Trinajstić information content (AvgIpc) is 3.06. The van der Waals surface area contributed by atoms with Crippen molar-refractivity contribution >= 4 is 35.1 Å². The molecule has 3 heterocycles. The molecule has 6 rings (SSSR count). The lowest BCUT2D eigenvalue weighted by Crippen LogP contribution is -2.51. The fourth-order valence-electron chi connectivity index (χ4n) is 6.70. The molecule has 2 aromatic carbocycles. The number of likely N-dealkylation sites (tertiary alicyclic amines) is 1. The molecule has 1 unspecified atom stereocenters. The van der Waals surface area contributed by atoms with E-state index in [0.717, 1.165) is 62.5 Å². The maximum atomic E-state index is 13.8. The standard InChI is InChI=1S/C34H36ClN7O4/c35-29-19-27(7-4-24(29)20-36)46-26-8-5-25(6-9-26)42-32(43)13-10-28(34(42)45)23-3-1-2-22(18-23)21-40-14-16-41(17-15-40)31-12-11-30(33(37)44)38-39-31/h1-4,7,11-12,18-19,25-26,28H,5-6,8-10,13-17,21H2,(H2,37,44). The van der Waals surface area contributed by atoms with Crippen molar-refractivity contribution in [2.24, 2.45) is 5.73 Å². The van der Waals surface area contributed by atoms with Crippen molar-refractivity contribution in [2.75, 3.05) is 31.1 Å². The van der Waals surface area contributed by atoms with Gasteiger partial charge in [-0.3, -0.25) is 24.2 Å². The Hall–Kier alpha value is -4.53. The summed E-state index contributed by atoms with van der Waals surface area (Å²) in [7, 11) is 0. The van der Waals surface area contributed by atoms with Crippen LogP contribution >= 0.6 is 11.6 Å². The number of nitriles is 1. The van der Waals surface area contributed by atoms with Crippen LogP contribution in [0.4, 0.5) is 5.82 Å². The van der Waals surface area contributed by atoms with Gasteiger partial charge in [0.25, 0.3) is 5.91 Å². The number of piperidine rings is 1. The Morgan fingerprint density at radius 2 is 1.76 bits per heavy atom. The number of hydrogen-bond acceptors (Lipinski definition) is 9. The Bertz CT molecular complexity index is 1640. The first-order chi connectivity index (χ1) is 22.3. The van der Waals surface area contributed by atoms with E-state index in [1.807, 2.05) is 18.2 Å². The molecule has 0 bridgehead atoms. The summed E-state index contributed by atoms with van der Waals surface area (Å²) in [4.78, 5) is 44.2. The molecule has 0 spiro atoms. The Balaban J connectivity index is 1.03. The summed E-state index contributed by atoms with van der Waals surface area (Å²) >= 11 is 6.16. The highest BCUT2D eigenvalue weighted by Gasteiger charge is 2.40. The largest absolute Gasteiger partial charge is 0.490 e. The predicted molar refractivity (Wildman–Crippen MR) is 171 cm³/mol.